The predicted octanol–water partition coefficient (Wildman–Crippen LogP) is 2.47. The Morgan fingerprint density at radius 3 is 2.64 bits per heavy atom. The number of benzene rings is 2. The zero-order valence-corrected chi connectivity index (χ0v) is 14.5. The van der Waals surface area contributed by atoms with E-state index < -0.39 is 0 Å². The third-order valence-corrected chi connectivity index (χ3v) is 4.25. The first-order chi connectivity index (χ1) is 12.0. The highest BCUT2D eigenvalue weighted by molar-refractivity contribution is 5.95. The van der Waals surface area contributed by atoms with Gasteiger partial charge in [0.1, 0.15) is 6.61 Å². The Balaban J connectivity index is 1.61. The molecule has 1 atom stereocenters. The highest BCUT2D eigenvalue weighted by Crippen LogP contribution is 2.19. The lowest BCUT2D eigenvalue weighted by molar-refractivity contribution is -0.129. The van der Waals surface area contributed by atoms with Crippen molar-refractivity contribution in [2.24, 2.45) is 0 Å². The van der Waals surface area contributed by atoms with E-state index in [-0.39, 0.29) is 24.5 Å². The molecule has 3 rings (SSSR count). The van der Waals surface area contributed by atoms with Gasteiger partial charge < -0.3 is 15.0 Å². The molecule has 1 unspecified atom stereocenters. The second-order valence-electron chi connectivity index (χ2n) is 6.35. The molecule has 1 fully saturated rings. The van der Waals surface area contributed by atoms with Gasteiger partial charge in [0.2, 0.25) is 0 Å². The second kappa shape index (κ2) is 7.49. The van der Waals surface area contributed by atoms with Crippen molar-refractivity contribution in [3.8, 4) is 0 Å². The highest BCUT2D eigenvalue weighted by Gasteiger charge is 2.27. The summed E-state index contributed by atoms with van der Waals surface area (Å²) < 4.78 is 5.57. The topological polar surface area (TPSA) is 58.6 Å². The fraction of sp³-hybridized carbons (Fsp3) is 0.300. The maximum absolute atomic E-state index is 12.2. The molecule has 0 bridgehead atoms. The lowest BCUT2D eigenvalue weighted by Crippen LogP contribution is -2.50. The minimum Gasteiger partial charge on any atom is -0.365 e. The maximum Gasteiger partial charge on any atom is 0.253 e. The van der Waals surface area contributed by atoms with Crippen LogP contribution in [0.4, 0.5) is 5.69 Å². The highest BCUT2D eigenvalue weighted by atomic mass is 16.5. The lowest BCUT2D eigenvalue weighted by atomic mass is 10.1. The first-order valence-electron chi connectivity index (χ1n) is 8.36. The van der Waals surface area contributed by atoms with Crippen molar-refractivity contribution in [2.75, 3.05) is 24.6 Å². The predicted molar refractivity (Wildman–Crippen MR) is 96.8 cm³/mol. The number of carbonyl (C=O) groups excluding carboxylic acids is 2. The Kier molecular flexibility index (Phi) is 5.14. The Morgan fingerprint density at radius 2 is 1.92 bits per heavy atom. The fourth-order valence-electron chi connectivity index (χ4n) is 2.81. The standard InChI is InChI=1S/C20H22N2O3/c1-14-6-8-16(9-7-14)20(24)21-11-18-12-22(19(23)13-25-18)17-5-3-4-15(2)10-17/h3-10,18H,11-13H2,1-2H3,(H,21,24). The van der Waals surface area contributed by atoms with E-state index in [9.17, 15) is 9.59 Å². The molecule has 1 aliphatic rings. The molecule has 0 saturated carbocycles. The average Bonchev–Trinajstić information content (AvgIpc) is 2.61. The van der Waals surface area contributed by atoms with Gasteiger partial charge in [0.15, 0.2) is 0 Å². The largest absolute Gasteiger partial charge is 0.365 e. The molecular weight excluding hydrogens is 316 g/mol. The monoisotopic (exact) mass is 338 g/mol. The smallest absolute Gasteiger partial charge is 0.253 e. The Morgan fingerprint density at radius 1 is 1.16 bits per heavy atom. The van der Waals surface area contributed by atoms with Crippen molar-refractivity contribution in [3.05, 3.63) is 65.2 Å². The first-order valence-corrected chi connectivity index (χ1v) is 8.36. The van der Waals surface area contributed by atoms with Crippen LogP contribution in [0.3, 0.4) is 0 Å². The third-order valence-electron chi connectivity index (χ3n) is 4.25. The van der Waals surface area contributed by atoms with Crippen LogP contribution in [0.1, 0.15) is 21.5 Å². The molecule has 25 heavy (non-hydrogen) atoms. The molecule has 1 N–H and O–H groups in total. The first kappa shape index (κ1) is 17.2. The van der Waals surface area contributed by atoms with Crippen LogP contribution in [-0.2, 0) is 9.53 Å². The van der Waals surface area contributed by atoms with E-state index in [0.29, 0.717) is 18.7 Å². The molecule has 5 nitrogen and oxygen atoms in total. The average molecular weight is 338 g/mol. The number of morpholine rings is 1. The van der Waals surface area contributed by atoms with Crippen molar-refractivity contribution >= 4 is 17.5 Å². The molecule has 0 spiro atoms. The van der Waals surface area contributed by atoms with Crippen LogP contribution in [0.2, 0.25) is 0 Å². The third kappa shape index (κ3) is 4.25. The van der Waals surface area contributed by atoms with Crippen LogP contribution < -0.4 is 10.2 Å². The Bertz CT molecular complexity index is 771. The van der Waals surface area contributed by atoms with E-state index >= 15 is 0 Å². The minimum atomic E-state index is -0.229. The number of hydrogen-bond acceptors (Lipinski definition) is 3. The molecule has 1 aliphatic heterocycles. The molecule has 1 heterocycles. The van der Waals surface area contributed by atoms with Gasteiger partial charge in [0, 0.05) is 17.8 Å². The van der Waals surface area contributed by atoms with E-state index in [2.05, 4.69) is 5.32 Å². The van der Waals surface area contributed by atoms with E-state index in [1.807, 2.05) is 50.2 Å². The molecule has 0 radical (unpaired) electrons. The summed E-state index contributed by atoms with van der Waals surface area (Å²) in [5, 5.41) is 2.88. The van der Waals surface area contributed by atoms with Crippen LogP contribution in [0.15, 0.2) is 48.5 Å². The summed E-state index contributed by atoms with van der Waals surface area (Å²) in [7, 11) is 0. The van der Waals surface area contributed by atoms with Gasteiger partial charge in [-0.1, -0.05) is 29.8 Å². The summed E-state index contributed by atoms with van der Waals surface area (Å²) >= 11 is 0. The molecule has 0 aliphatic carbocycles. The van der Waals surface area contributed by atoms with Crippen LogP contribution in [0, 0.1) is 13.8 Å². The van der Waals surface area contributed by atoms with Crippen LogP contribution in [0.25, 0.3) is 0 Å². The van der Waals surface area contributed by atoms with Crippen LogP contribution in [0.5, 0.6) is 0 Å². The van der Waals surface area contributed by atoms with Gasteiger partial charge in [-0.05, 0) is 43.7 Å². The molecule has 1 saturated heterocycles. The molecule has 0 aromatic heterocycles. The second-order valence-corrected chi connectivity index (χ2v) is 6.35. The fourth-order valence-corrected chi connectivity index (χ4v) is 2.81. The van der Waals surface area contributed by atoms with Crippen molar-refractivity contribution in [3.63, 3.8) is 0 Å². The van der Waals surface area contributed by atoms with Gasteiger partial charge in [-0.25, -0.2) is 0 Å². The van der Waals surface area contributed by atoms with Crippen molar-refractivity contribution in [1.82, 2.24) is 5.32 Å². The molecule has 130 valence electrons. The van der Waals surface area contributed by atoms with E-state index in [4.69, 9.17) is 4.74 Å². The van der Waals surface area contributed by atoms with Gasteiger partial charge in [0.25, 0.3) is 11.8 Å². The van der Waals surface area contributed by atoms with E-state index in [1.54, 1.807) is 17.0 Å². The van der Waals surface area contributed by atoms with E-state index in [1.165, 1.54) is 0 Å². The molecule has 5 heteroatoms. The van der Waals surface area contributed by atoms with Gasteiger partial charge in [-0.2, -0.15) is 0 Å². The summed E-state index contributed by atoms with van der Waals surface area (Å²) in [6.45, 7) is 4.79. The van der Waals surface area contributed by atoms with Crippen LogP contribution >= 0.6 is 0 Å². The van der Waals surface area contributed by atoms with Crippen molar-refractivity contribution in [1.29, 1.82) is 0 Å². The summed E-state index contributed by atoms with van der Waals surface area (Å²) in [5.41, 5.74) is 3.69. The van der Waals surface area contributed by atoms with Gasteiger partial charge >= 0.3 is 0 Å². The quantitative estimate of drug-likeness (QED) is 0.932. The number of carbonyl (C=O) groups is 2. The number of anilines is 1. The SMILES string of the molecule is Cc1ccc(C(=O)NCC2CN(c3cccc(C)c3)C(=O)CO2)cc1. The van der Waals surface area contributed by atoms with Crippen molar-refractivity contribution < 1.29 is 14.3 Å². The van der Waals surface area contributed by atoms with Gasteiger partial charge in [0.05, 0.1) is 12.6 Å². The minimum absolute atomic E-state index is 0.0268. The number of nitrogens with one attached hydrogen (secondary N) is 1. The molecular formula is C20H22N2O3. The number of ether oxygens (including phenoxy) is 1. The maximum atomic E-state index is 12.2. The summed E-state index contributed by atoms with van der Waals surface area (Å²) in [5.74, 6) is -0.200. The van der Waals surface area contributed by atoms with Crippen LogP contribution in [-0.4, -0.2) is 37.6 Å². The molecule has 2 aromatic rings. The number of rotatable bonds is 4. The summed E-state index contributed by atoms with van der Waals surface area (Å²) in [6, 6.07) is 15.2. The molecule has 2 amide bonds. The Hall–Kier alpha value is -2.66. The van der Waals surface area contributed by atoms with Crippen molar-refractivity contribution in [2.45, 2.75) is 20.0 Å². The van der Waals surface area contributed by atoms with Gasteiger partial charge in [-0.3, -0.25) is 9.59 Å². The van der Waals surface area contributed by atoms with Gasteiger partial charge in [-0.15, -0.1) is 0 Å². The number of aryl methyl sites for hydroxylation is 2. The molecule has 2 aromatic carbocycles. The number of amides is 2. The zero-order chi connectivity index (χ0) is 17.8. The Labute approximate surface area is 147 Å². The summed E-state index contributed by atoms with van der Waals surface area (Å²) in [6.07, 6.45) is -0.229. The zero-order valence-electron chi connectivity index (χ0n) is 14.5. The lowest BCUT2D eigenvalue weighted by Gasteiger charge is -2.33. The van der Waals surface area contributed by atoms with E-state index in [0.717, 1.165) is 16.8 Å². The summed E-state index contributed by atoms with van der Waals surface area (Å²) in [4.78, 5) is 26.1. The number of hydrogen-bond donors (Lipinski definition) is 1. The normalized spacial score (nSPS) is 17.4. The number of nitrogens with zero attached hydrogens (tertiary/aromatic N) is 1.